The summed E-state index contributed by atoms with van der Waals surface area (Å²) in [5.74, 6) is -2.06. The lowest BCUT2D eigenvalue weighted by Gasteiger charge is -2.23. The van der Waals surface area contributed by atoms with Gasteiger partial charge in [-0.1, -0.05) is 25.1 Å². The summed E-state index contributed by atoms with van der Waals surface area (Å²) in [4.78, 5) is 36.0. The predicted octanol–water partition coefficient (Wildman–Crippen LogP) is 2.12. The number of hydrogen-bond acceptors (Lipinski definition) is 5. The van der Waals surface area contributed by atoms with Crippen molar-refractivity contribution in [3.63, 3.8) is 0 Å². The quantitative estimate of drug-likeness (QED) is 0.674. The molecule has 0 bridgehead atoms. The number of rotatable bonds is 4. The predicted molar refractivity (Wildman–Crippen MR) is 110 cm³/mol. The summed E-state index contributed by atoms with van der Waals surface area (Å²) >= 11 is 0. The van der Waals surface area contributed by atoms with Gasteiger partial charge in [-0.05, 0) is 12.0 Å². The van der Waals surface area contributed by atoms with E-state index in [9.17, 15) is 18.4 Å². The van der Waals surface area contributed by atoms with Crippen LogP contribution in [-0.2, 0) is 11.3 Å². The summed E-state index contributed by atoms with van der Waals surface area (Å²) in [6.07, 6.45) is 4.13. The molecule has 3 unspecified atom stereocenters. The smallest absolute Gasteiger partial charge is 0.275 e. The lowest BCUT2D eigenvalue weighted by Crippen LogP contribution is -2.49. The summed E-state index contributed by atoms with van der Waals surface area (Å²) in [7, 11) is 1.58. The largest absolute Gasteiger partial charge is 0.338 e. The molecule has 1 aliphatic carbocycles. The average Bonchev–Trinajstić information content (AvgIpc) is 3.32. The highest BCUT2D eigenvalue weighted by Gasteiger charge is 2.59. The van der Waals surface area contributed by atoms with Gasteiger partial charge < -0.3 is 5.32 Å². The second kappa shape index (κ2) is 7.47. The SMILES string of the molecule is CC1C2c3nccnc3N(C)C(=O)[C@@H](NC(=O)c3nn(Cc4ccccc4F)cc3F)C12. The maximum Gasteiger partial charge on any atom is 0.275 e. The third-order valence-electron chi connectivity index (χ3n) is 6.28. The number of hydrogen-bond donors (Lipinski definition) is 1. The van der Waals surface area contributed by atoms with E-state index in [1.54, 1.807) is 31.4 Å². The van der Waals surface area contributed by atoms with Crippen molar-refractivity contribution in [1.29, 1.82) is 0 Å². The zero-order valence-corrected chi connectivity index (χ0v) is 17.4. The van der Waals surface area contributed by atoms with Crippen LogP contribution in [0, 0.1) is 23.5 Å². The van der Waals surface area contributed by atoms with Crippen molar-refractivity contribution in [1.82, 2.24) is 25.1 Å². The summed E-state index contributed by atoms with van der Waals surface area (Å²) in [5, 5.41) is 6.66. The Morgan fingerprint density at radius 1 is 1.16 bits per heavy atom. The van der Waals surface area contributed by atoms with Crippen molar-refractivity contribution in [2.75, 3.05) is 11.9 Å². The van der Waals surface area contributed by atoms with Crippen molar-refractivity contribution in [3.05, 3.63) is 71.4 Å². The minimum Gasteiger partial charge on any atom is -0.338 e. The monoisotopic (exact) mass is 438 g/mol. The highest BCUT2D eigenvalue weighted by atomic mass is 19.1. The number of carbonyl (C=O) groups excluding carboxylic acids is 2. The number of fused-ring (bicyclic) bond motifs is 3. The second-order valence-electron chi connectivity index (χ2n) is 8.19. The molecule has 0 spiro atoms. The van der Waals surface area contributed by atoms with Gasteiger partial charge >= 0.3 is 0 Å². The maximum absolute atomic E-state index is 14.5. The molecule has 1 fully saturated rings. The zero-order chi connectivity index (χ0) is 22.6. The molecular formula is C22H20F2N6O2. The van der Waals surface area contributed by atoms with Crippen LogP contribution in [0.5, 0.6) is 0 Å². The molecule has 32 heavy (non-hydrogen) atoms. The van der Waals surface area contributed by atoms with Crippen LogP contribution in [0.25, 0.3) is 0 Å². The zero-order valence-electron chi connectivity index (χ0n) is 17.4. The first-order valence-electron chi connectivity index (χ1n) is 10.2. The first-order valence-corrected chi connectivity index (χ1v) is 10.2. The molecule has 0 saturated heterocycles. The number of nitrogens with zero attached hydrogens (tertiary/aromatic N) is 5. The number of anilines is 1. The van der Waals surface area contributed by atoms with Gasteiger partial charge in [-0.2, -0.15) is 5.10 Å². The molecule has 8 nitrogen and oxygen atoms in total. The molecule has 0 radical (unpaired) electrons. The topological polar surface area (TPSA) is 93.0 Å². The molecule has 1 saturated carbocycles. The average molecular weight is 438 g/mol. The summed E-state index contributed by atoms with van der Waals surface area (Å²) in [6.45, 7) is 1.95. The van der Waals surface area contributed by atoms with Gasteiger partial charge in [0, 0.05) is 36.8 Å². The Bertz CT molecular complexity index is 1230. The van der Waals surface area contributed by atoms with Crippen molar-refractivity contribution in [2.45, 2.75) is 25.4 Å². The van der Waals surface area contributed by atoms with Crippen molar-refractivity contribution >= 4 is 17.6 Å². The van der Waals surface area contributed by atoms with E-state index in [0.717, 1.165) is 16.6 Å². The third kappa shape index (κ3) is 3.22. The normalized spacial score (nSPS) is 23.9. The molecule has 3 aromatic rings. The van der Waals surface area contributed by atoms with E-state index < -0.39 is 29.3 Å². The van der Waals surface area contributed by atoms with Crippen LogP contribution >= 0.6 is 0 Å². The lowest BCUT2D eigenvalue weighted by molar-refractivity contribution is -0.120. The molecule has 1 aliphatic heterocycles. The molecule has 2 aromatic heterocycles. The highest BCUT2D eigenvalue weighted by molar-refractivity contribution is 6.02. The maximum atomic E-state index is 14.5. The molecule has 3 heterocycles. The number of likely N-dealkylation sites (N-methyl/N-ethyl adjacent to an activating group) is 1. The van der Waals surface area contributed by atoms with Crippen LogP contribution in [0.4, 0.5) is 14.6 Å². The van der Waals surface area contributed by atoms with Crippen molar-refractivity contribution < 1.29 is 18.4 Å². The van der Waals surface area contributed by atoms with Crippen LogP contribution in [0.15, 0.2) is 42.9 Å². The third-order valence-corrected chi connectivity index (χ3v) is 6.28. The Kier molecular flexibility index (Phi) is 4.72. The van der Waals surface area contributed by atoms with Crippen molar-refractivity contribution in [2.24, 2.45) is 11.8 Å². The number of aromatic nitrogens is 4. The van der Waals surface area contributed by atoms with Gasteiger partial charge in [0.05, 0.1) is 18.4 Å². The molecule has 1 aromatic carbocycles. The van der Waals surface area contributed by atoms with Crippen LogP contribution < -0.4 is 10.2 Å². The second-order valence-corrected chi connectivity index (χ2v) is 8.19. The molecule has 164 valence electrons. The van der Waals surface area contributed by atoms with Crippen LogP contribution in [0.3, 0.4) is 0 Å². The van der Waals surface area contributed by atoms with Gasteiger partial charge in [0.1, 0.15) is 11.9 Å². The van der Waals surface area contributed by atoms with Crippen LogP contribution in [-0.4, -0.2) is 44.7 Å². The Balaban J connectivity index is 1.38. The van der Waals surface area contributed by atoms with Gasteiger partial charge in [-0.25, -0.2) is 13.8 Å². The van der Waals surface area contributed by atoms with Crippen LogP contribution in [0.1, 0.15) is 34.6 Å². The Labute approximate surface area is 182 Å². The highest BCUT2D eigenvalue weighted by Crippen LogP contribution is 2.58. The number of amides is 2. The van der Waals surface area contributed by atoms with Gasteiger partial charge in [0.2, 0.25) is 0 Å². The van der Waals surface area contributed by atoms with E-state index in [1.807, 2.05) is 6.92 Å². The van der Waals surface area contributed by atoms with Gasteiger partial charge in [0.15, 0.2) is 17.3 Å². The first-order chi connectivity index (χ1) is 15.4. The van der Waals surface area contributed by atoms with E-state index in [-0.39, 0.29) is 30.2 Å². The van der Waals surface area contributed by atoms with Crippen LogP contribution in [0.2, 0.25) is 0 Å². The minimum absolute atomic E-state index is 0.0265. The molecule has 4 atom stereocenters. The number of nitrogens with one attached hydrogen (secondary N) is 1. The standard InChI is InChI=1S/C22H20F2N6O2/c1-11-15-16(11)19(22(32)29(2)20-18(15)25-7-8-26-20)27-21(31)17-14(24)10-30(28-17)9-12-5-3-4-6-13(12)23/h3-8,10-11,15-16,19H,9H2,1-2H3,(H,27,31)/t11?,15?,16?,19-/m0/s1. The Hall–Kier alpha value is -3.69. The number of benzene rings is 1. The first kappa shape index (κ1) is 20.2. The fourth-order valence-corrected chi connectivity index (χ4v) is 4.55. The van der Waals surface area contributed by atoms with E-state index in [1.165, 1.54) is 17.2 Å². The molecule has 1 N–H and O–H groups in total. The summed E-state index contributed by atoms with van der Waals surface area (Å²) in [6, 6.07) is 5.21. The molecule has 10 heteroatoms. The fourth-order valence-electron chi connectivity index (χ4n) is 4.55. The number of halogens is 2. The molecule has 5 rings (SSSR count). The summed E-state index contributed by atoms with van der Waals surface area (Å²) < 4.78 is 29.6. The lowest BCUT2D eigenvalue weighted by atomic mass is 10.1. The Morgan fingerprint density at radius 3 is 2.69 bits per heavy atom. The van der Waals surface area contributed by atoms with Gasteiger partial charge in [-0.3, -0.25) is 24.2 Å². The number of carbonyl (C=O) groups is 2. The summed E-state index contributed by atoms with van der Waals surface area (Å²) in [5.41, 5.74) is 0.590. The van der Waals surface area contributed by atoms with E-state index in [2.05, 4.69) is 20.4 Å². The van der Waals surface area contributed by atoms with Gasteiger partial charge in [0.25, 0.3) is 11.8 Å². The van der Waals surface area contributed by atoms with E-state index in [0.29, 0.717) is 11.4 Å². The molecule has 2 aliphatic rings. The van der Waals surface area contributed by atoms with Crippen molar-refractivity contribution in [3.8, 4) is 0 Å². The van der Waals surface area contributed by atoms with E-state index >= 15 is 0 Å². The fraction of sp³-hybridized carbons (Fsp3) is 0.318. The van der Waals surface area contributed by atoms with E-state index in [4.69, 9.17) is 0 Å². The van der Waals surface area contributed by atoms with Gasteiger partial charge in [-0.15, -0.1) is 0 Å². The molecular weight excluding hydrogens is 418 g/mol. The Morgan fingerprint density at radius 2 is 1.91 bits per heavy atom. The minimum atomic E-state index is -0.861. The molecule has 2 amide bonds.